The lowest BCUT2D eigenvalue weighted by molar-refractivity contribution is -0.127. The van der Waals surface area contributed by atoms with Gasteiger partial charge in [0, 0.05) is 27.1 Å². The lowest BCUT2D eigenvalue weighted by atomic mass is 10.5. The van der Waals surface area contributed by atoms with Crippen molar-refractivity contribution in [1.82, 2.24) is 9.80 Å². The van der Waals surface area contributed by atoms with Gasteiger partial charge in [-0.2, -0.15) is 0 Å². The lowest BCUT2D eigenvalue weighted by Gasteiger charge is -2.15. The molecule has 9 nitrogen and oxygen atoms in total. The van der Waals surface area contributed by atoms with Gasteiger partial charge in [0.05, 0.1) is 31.7 Å². The van der Waals surface area contributed by atoms with Gasteiger partial charge >= 0.3 is 0 Å². The van der Waals surface area contributed by atoms with E-state index in [9.17, 15) is 30.7 Å². The van der Waals surface area contributed by atoms with Crippen molar-refractivity contribution >= 4 is 26.1 Å². The summed E-state index contributed by atoms with van der Waals surface area (Å²) in [7, 11) is -5.01. The third-order valence-electron chi connectivity index (χ3n) is 2.48. The SMILES string of the molecule is CC(=O)N(C)CCS(=O)(=O)[O-].CCN(C)CCS(=O)(=O)[O-]. The summed E-state index contributed by atoms with van der Waals surface area (Å²) in [6.45, 7) is 4.24. The van der Waals surface area contributed by atoms with Crippen molar-refractivity contribution in [2.75, 3.05) is 45.2 Å². The largest absolute Gasteiger partial charge is 0.748 e. The predicted molar refractivity (Wildman–Crippen MR) is 75.6 cm³/mol. The number of amides is 1. The summed E-state index contributed by atoms with van der Waals surface area (Å²) in [5, 5.41) is 0. The molecule has 0 aromatic heterocycles. The van der Waals surface area contributed by atoms with Crippen LogP contribution in [0.25, 0.3) is 0 Å². The van der Waals surface area contributed by atoms with Gasteiger partial charge in [-0.25, -0.2) is 16.8 Å². The van der Waals surface area contributed by atoms with E-state index in [-0.39, 0.29) is 18.2 Å². The molecule has 0 saturated carbocycles. The lowest BCUT2D eigenvalue weighted by Crippen LogP contribution is -2.29. The third-order valence-corrected chi connectivity index (χ3v) is 3.84. The molecule has 0 aromatic carbocycles. The summed E-state index contributed by atoms with van der Waals surface area (Å²) in [6, 6.07) is 0. The highest BCUT2D eigenvalue weighted by Crippen LogP contribution is 1.87. The molecule has 0 bridgehead atoms. The van der Waals surface area contributed by atoms with Crippen LogP contribution in [0.15, 0.2) is 0 Å². The normalized spacial score (nSPS) is 11.8. The minimum absolute atomic E-state index is 0.0405. The Morgan fingerprint density at radius 1 is 0.952 bits per heavy atom. The Labute approximate surface area is 126 Å². The molecule has 0 heterocycles. The molecule has 0 radical (unpaired) electrons. The first-order valence-electron chi connectivity index (χ1n) is 6.06. The molecule has 0 saturated heterocycles. The van der Waals surface area contributed by atoms with Gasteiger partial charge in [-0.1, -0.05) is 6.92 Å². The van der Waals surface area contributed by atoms with Gasteiger partial charge in [0.2, 0.25) is 5.91 Å². The monoisotopic (exact) mass is 346 g/mol. The van der Waals surface area contributed by atoms with E-state index < -0.39 is 26.0 Å². The van der Waals surface area contributed by atoms with E-state index in [4.69, 9.17) is 0 Å². The van der Waals surface area contributed by atoms with Crippen LogP contribution >= 0.6 is 0 Å². The summed E-state index contributed by atoms with van der Waals surface area (Å²) in [5.41, 5.74) is 0. The average molecular weight is 346 g/mol. The molecule has 0 aromatic rings. The molecule has 21 heavy (non-hydrogen) atoms. The summed E-state index contributed by atoms with van der Waals surface area (Å²) >= 11 is 0. The zero-order valence-electron chi connectivity index (χ0n) is 12.6. The van der Waals surface area contributed by atoms with E-state index in [1.165, 1.54) is 18.9 Å². The molecule has 0 aliphatic heterocycles. The molecule has 0 fully saturated rings. The highest BCUT2D eigenvalue weighted by molar-refractivity contribution is 7.85. The van der Waals surface area contributed by atoms with E-state index in [0.29, 0.717) is 6.54 Å². The van der Waals surface area contributed by atoms with Crippen molar-refractivity contribution in [3.63, 3.8) is 0 Å². The first-order chi connectivity index (χ1) is 9.28. The first kappa shape index (κ1) is 22.5. The predicted octanol–water partition coefficient (Wildman–Crippen LogP) is -1.51. The Bertz CT molecular complexity index is 501. The fourth-order valence-corrected chi connectivity index (χ4v) is 1.86. The highest BCUT2D eigenvalue weighted by Gasteiger charge is 2.03. The zero-order valence-corrected chi connectivity index (χ0v) is 14.2. The fraction of sp³-hybridized carbons (Fsp3) is 0.900. The summed E-state index contributed by atoms with van der Waals surface area (Å²) in [4.78, 5) is 13.4. The molecule has 0 rings (SSSR count). The molecule has 128 valence electrons. The first-order valence-corrected chi connectivity index (χ1v) is 9.21. The van der Waals surface area contributed by atoms with E-state index in [2.05, 4.69) is 0 Å². The van der Waals surface area contributed by atoms with Gasteiger partial charge in [0.1, 0.15) is 0 Å². The van der Waals surface area contributed by atoms with Gasteiger partial charge in [-0.3, -0.25) is 4.79 Å². The quantitative estimate of drug-likeness (QED) is 0.507. The maximum Gasteiger partial charge on any atom is 0.219 e. The molecule has 11 heteroatoms. The highest BCUT2D eigenvalue weighted by atomic mass is 32.2. The standard InChI is InChI=1S/C5H11NO4S.C5H13NO3S/c1-5(7)6(2)3-4-11(8,9)10;1-3-6(2)4-5-10(7,8)9/h3-4H2,1-2H3,(H,8,9,10);3-5H2,1-2H3,(H,7,8,9)/p-2. The molecular weight excluding hydrogens is 324 g/mol. The van der Waals surface area contributed by atoms with E-state index in [0.717, 1.165) is 6.54 Å². The van der Waals surface area contributed by atoms with E-state index >= 15 is 0 Å². The molecule has 0 spiro atoms. The van der Waals surface area contributed by atoms with Crippen molar-refractivity contribution in [1.29, 1.82) is 0 Å². The second kappa shape index (κ2) is 10.1. The second-order valence-electron chi connectivity index (χ2n) is 4.36. The summed E-state index contributed by atoms with van der Waals surface area (Å²) in [6.07, 6.45) is 0. The number of carbonyl (C=O) groups is 1. The minimum atomic E-state index is -4.20. The van der Waals surface area contributed by atoms with Crippen LogP contribution in [0, 0.1) is 0 Å². The number of hydrogen-bond donors (Lipinski definition) is 0. The van der Waals surface area contributed by atoms with Crippen molar-refractivity contribution in [2.45, 2.75) is 13.8 Å². The van der Waals surface area contributed by atoms with Gasteiger partial charge < -0.3 is 18.9 Å². The second-order valence-corrected chi connectivity index (χ2v) is 7.41. The van der Waals surface area contributed by atoms with E-state index in [1.54, 1.807) is 11.9 Å². The Morgan fingerprint density at radius 3 is 1.62 bits per heavy atom. The van der Waals surface area contributed by atoms with Crippen LogP contribution in [0.5, 0.6) is 0 Å². The van der Waals surface area contributed by atoms with Crippen LogP contribution in [-0.2, 0) is 25.0 Å². The molecule has 1 amide bonds. The maximum absolute atomic E-state index is 10.5. The number of carbonyl (C=O) groups excluding carboxylic acids is 1. The summed E-state index contributed by atoms with van der Waals surface area (Å²) < 4.78 is 60.4. The molecule has 0 aliphatic rings. The smallest absolute Gasteiger partial charge is 0.219 e. The van der Waals surface area contributed by atoms with Crippen LogP contribution in [-0.4, -0.2) is 86.9 Å². The Balaban J connectivity index is 0. The molecule has 0 atom stereocenters. The molecular formula is C10H22N2O7S2-2. The minimum Gasteiger partial charge on any atom is -0.748 e. The molecule has 0 N–H and O–H groups in total. The van der Waals surface area contributed by atoms with Crippen molar-refractivity contribution in [3.05, 3.63) is 0 Å². The molecule has 0 aliphatic carbocycles. The Hall–Kier alpha value is -0.750. The summed E-state index contributed by atoms with van der Waals surface area (Å²) in [5.74, 6) is -1.07. The van der Waals surface area contributed by atoms with Crippen molar-refractivity contribution in [2.24, 2.45) is 0 Å². The van der Waals surface area contributed by atoms with Crippen LogP contribution in [0.2, 0.25) is 0 Å². The number of rotatable bonds is 7. The van der Waals surface area contributed by atoms with Gasteiger partial charge in [0.25, 0.3) is 0 Å². The number of hydrogen-bond acceptors (Lipinski definition) is 8. The molecule has 0 unspecified atom stereocenters. The van der Waals surface area contributed by atoms with Crippen molar-refractivity contribution in [3.8, 4) is 0 Å². The fourth-order valence-electron chi connectivity index (χ4n) is 0.832. The van der Waals surface area contributed by atoms with Crippen molar-refractivity contribution < 1.29 is 30.7 Å². The van der Waals surface area contributed by atoms with Crippen LogP contribution in [0.4, 0.5) is 0 Å². The van der Waals surface area contributed by atoms with Gasteiger partial charge in [-0.05, 0) is 13.6 Å². The van der Waals surface area contributed by atoms with Crippen LogP contribution in [0.1, 0.15) is 13.8 Å². The topological polar surface area (TPSA) is 138 Å². The average Bonchev–Trinajstić information content (AvgIpc) is 2.31. The number of nitrogens with zero attached hydrogens (tertiary/aromatic N) is 2. The zero-order chi connectivity index (χ0) is 17.3. The van der Waals surface area contributed by atoms with E-state index in [1.807, 2.05) is 6.92 Å². The Kier molecular flexibility index (Phi) is 10.8. The maximum atomic E-state index is 10.5. The Morgan fingerprint density at radius 2 is 1.33 bits per heavy atom. The van der Waals surface area contributed by atoms with Crippen LogP contribution < -0.4 is 0 Å². The van der Waals surface area contributed by atoms with Crippen LogP contribution in [0.3, 0.4) is 0 Å². The van der Waals surface area contributed by atoms with Gasteiger partial charge in [-0.15, -0.1) is 0 Å². The third kappa shape index (κ3) is 19.2. The van der Waals surface area contributed by atoms with Gasteiger partial charge in [0.15, 0.2) is 0 Å².